The van der Waals surface area contributed by atoms with Gasteiger partial charge in [0.15, 0.2) is 9.84 Å². The highest BCUT2D eigenvalue weighted by Crippen LogP contribution is 2.47. The summed E-state index contributed by atoms with van der Waals surface area (Å²) in [6.45, 7) is 6.15. The van der Waals surface area contributed by atoms with E-state index >= 15 is 0 Å². The molecule has 1 saturated carbocycles. The first kappa shape index (κ1) is 30.1. The molecule has 11 nitrogen and oxygen atoms in total. The number of carbonyl (C=O) groups excluding carboxylic acids is 3. The molecule has 3 heterocycles. The number of halogens is 1. The molecule has 0 spiro atoms. The van der Waals surface area contributed by atoms with Crippen molar-refractivity contribution < 1.29 is 27.5 Å². The van der Waals surface area contributed by atoms with Gasteiger partial charge < -0.3 is 24.4 Å². The van der Waals surface area contributed by atoms with Gasteiger partial charge in [-0.3, -0.25) is 14.4 Å². The second-order valence-electron chi connectivity index (χ2n) is 12.2. The number of pyridine rings is 1. The van der Waals surface area contributed by atoms with Gasteiger partial charge in [0.1, 0.15) is 16.9 Å². The second-order valence-corrected chi connectivity index (χ2v) is 15.2. The van der Waals surface area contributed by atoms with Crippen LogP contribution >= 0.6 is 11.6 Å². The van der Waals surface area contributed by atoms with E-state index in [0.717, 1.165) is 5.56 Å². The fraction of sp³-hybridized carbons (Fsp3) is 0.517. The number of nitrogens with zero attached hydrogens (tertiary/aromatic N) is 3. The minimum absolute atomic E-state index is 0.0224. The molecule has 2 aromatic rings. The summed E-state index contributed by atoms with van der Waals surface area (Å²) in [4.78, 5) is 54.7. The molecule has 226 valence electrons. The Hall–Kier alpha value is -3.38. The van der Waals surface area contributed by atoms with E-state index in [0.29, 0.717) is 30.8 Å². The molecule has 1 atom stereocenters. The SMILES string of the molecule is CC(C)(C)OC(=O)N1CCC(S(=O)(=O)C2(CN3CCn4c(ccc(C(=O)NCc5ccc(Cl)cc5)c4=O)C3=O)CC2)C1. The van der Waals surface area contributed by atoms with Crippen LogP contribution in [0.2, 0.25) is 5.02 Å². The van der Waals surface area contributed by atoms with Crippen LogP contribution in [0.1, 0.15) is 66.4 Å². The number of ether oxygens (including phenoxy) is 1. The predicted octanol–water partition coefficient (Wildman–Crippen LogP) is 2.84. The number of amides is 3. The van der Waals surface area contributed by atoms with Crippen LogP contribution in [-0.4, -0.2) is 82.5 Å². The van der Waals surface area contributed by atoms with Crippen LogP contribution in [0.25, 0.3) is 0 Å². The van der Waals surface area contributed by atoms with E-state index in [1.54, 1.807) is 45.0 Å². The Morgan fingerprint density at radius 1 is 1.05 bits per heavy atom. The summed E-state index contributed by atoms with van der Waals surface area (Å²) in [5, 5.41) is 2.56. The second kappa shape index (κ2) is 11.0. The number of benzene rings is 1. The summed E-state index contributed by atoms with van der Waals surface area (Å²) in [6.07, 6.45) is 0.651. The van der Waals surface area contributed by atoms with Gasteiger partial charge in [-0.2, -0.15) is 0 Å². The van der Waals surface area contributed by atoms with E-state index in [9.17, 15) is 27.6 Å². The molecule has 1 aliphatic carbocycles. The highest BCUT2D eigenvalue weighted by Gasteiger charge is 2.59. The van der Waals surface area contributed by atoms with Gasteiger partial charge in [-0.25, -0.2) is 13.2 Å². The molecule has 13 heteroatoms. The summed E-state index contributed by atoms with van der Waals surface area (Å²) in [7, 11) is -3.67. The van der Waals surface area contributed by atoms with Crippen LogP contribution in [0.5, 0.6) is 0 Å². The first-order valence-corrected chi connectivity index (χ1v) is 15.9. The third kappa shape index (κ3) is 5.92. The molecule has 1 aromatic heterocycles. The van der Waals surface area contributed by atoms with Crippen LogP contribution in [0.4, 0.5) is 4.79 Å². The molecule has 2 fully saturated rings. The number of aromatic nitrogens is 1. The van der Waals surface area contributed by atoms with Gasteiger partial charge in [0.2, 0.25) is 0 Å². The molecule has 5 rings (SSSR count). The number of nitrogens with one attached hydrogen (secondary N) is 1. The average Bonchev–Trinajstić information content (AvgIpc) is 3.54. The van der Waals surface area contributed by atoms with E-state index in [4.69, 9.17) is 16.3 Å². The number of rotatable bonds is 7. The molecule has 0 bridgehead atoms. The maximum absolute atomic E-state index is 13.7. The molecule has 3 aliphatic rings. The van der Waals surface area contributed by atoms with Crippen molar-refractivity contribution >= 4 is 39.3 Å². The molecule has 42 heavy (non-hydrogen) atoms. The van der Waals surface area contributed by atoms with E-state index < -0.39 is 48.9 Å². The van der Waals surface area contributed by atoms with Crippen molar-refractivity contribution in [3.63, 3.8) is 0 Å². The Labute approximate surface area is 249 Å². The third-order valence-electron chi connectivity index (χ3n) is 8.01. The van der Waals surface area contributed by atoms with Gasteiger partial charge in [0.25, 0.3) is 17.4 Å². The first-order valence-electron chi connectivity index (χ1n) is 14.0. The monoisotopic (exact) mass is 618 g/mol. The molecule has 1 aromatic carbocycles. The molecule has 1 N–H and O–H groups in total. The normalized spacial score (nSPS) is 19.8. The largest absolute Gasteiger partial charge is 0.444 e. The molecule has 2 aliphatic heterocycles. The highest BCUT2D eigenvalue weighted by atomic mass is 35.5. The van der Waals surface area contributed by atoms with Gasteiger partial charge >= 0.3 is 6.09 Å². The highest BCUT2D eigenvalue weighted by molar-refractivity contribution is 7.93. The lowest BCUT2D eigenvalue weighted by molar-refractivity contribution is 0.0295. The summed E-state index contributed by atoms with van der Waals surface area (Å²) in [5.41, 5.74) is -0.399. The Morgan fingerprint density at radius 3 is 2.38 bits per heavy atom. The quantitative estimate of drug-likeness (QED) is 0.504. The van der Waals surface area contributed by atoms with Gasteiger partial charge in [0.05, 0.1) is 10.00 Å². The lowest BCUT2D eigenvalue weighted by Crippen LogP contribution is -2.51. The fourth-order valence-corrected chi connectivity index (χ4v) is 8.15. The number of carbonyl (C=O) groups is 3. The zero-order valence-electron chi connectivity index (χ0n) is 23.9. The lowest BCUT2D eigenvalue weighted by Gasteiger charge is -2.33. The molecular weight excluding hydrogens is 584 g/mol. The minimum atomic E-state index is -3.67. The van der Waals surface area contributed by atoms with Crippen molar-refractivity contribution in [3.05, 3.63) is 68.6 Å². The third-order valence-corrected chi connectivity index (χ3v) is 11.3. The van der Waals surface area contributed by atoms with Gasteiger partial charge in [0, 0.05) is 44.3 Å². The number of likely N-dealkylation sites (tertiary alicyclic amines) is 1. The van der Waals surface area contributed by atoms with E-state index in [1.807, 2.05) is 0 Å². The molecule has 1 unspecified atom stereocenters. The van der Waals surface area contributed by atoms with Gasteiger partial charge in [-0.1, -0.05) is 23.7 Å². The maximum Gasteiger partial charge on any atom is 0.410 e. The summed E-state index contributed by atoms with van der Waals surface area (Å²) < 4.78 is 33.1. The van der Waals surface area contributed by atoms with Gasteiger partial charge in [-0.15, -0.1) is 0 Å². The van der Waals surface area contributed by atoms with Crippen LogP contribution in [0.3, 0.4) is 0 Å². The zero-order chi connectivity index (χ0) is 30.4. The van der Waals surface area contributed by atoms with E-state index in [2.05, 4.69) is 5.32 Å². The van der Waals surface area contributed by atoms with Crippen molar-refractivity contribution in [1.82, 2.24) is 19.7 Å². The van der Waals surface area contributed by atoms with Gasteiger partial charge in [-0.05, 0) is 69.9 Å². The Balaban J connectivity index is 1.25. The van der Waals surface area contributed by atoms with Crippen LogP contribution in [0.15, 0.2) is 41.2 Å². The fourth-order valence-electron chi connectivity index (χ4n) is 5.52. The number of fused-ring (bicyclic) bond motifs is 1. The minimum Gasteiger partial charge on any atom is -0.444 e. The van der Waals surface area contributed by atoms with Crippen LogP contribution in [0, 0.1) is 0 Å². The van der Waals surface area contributed by atoms with Crippen molar-refractivity contribution in [1.29, 1.82) is 0 Å². The number of sulfone groups is 1. The van der Waals surface area contributed by atoms with Crippen LogP contribution < -0.4 is 10.9 Å². The van der Waals surface area contributed by atoms with E-state index in [-0.39, 0.29) is 44.0 Å². The smallest absolute Gasteiger partial charge is 0.410 e. The molecule has 3 amide bonds. The Bertz CT molecular complexity index is 1580. The van der Waals surface area contributed by atoms with Crippen molar-refractivity contribution in [2.45, 2.75) is 68.7 Å². The van der Waals surface area contributed by atoms with Crippen molar-refractivity contribution in [3.8, 4) is 0 Å². The van der Waals surface area contributed by atoms with Crippen molar-refractivity contribution in [2.24, 2.45) is 0 Å². The first-order chi connectivity index (χ1) is 19.7. The predicted molar refractivity (Wildman–Crippen MR) is 156 cm³/mol. The Kier molecular flexibility index (Phi) is 7.90. The standard InChI is InChI=1S/C29H35ClN4O7S/c1-28(2,3)41-27(38)32-13-10-21(17-32)42(39,40)29(11-12-29)18-33-14-15-34-23(26(33)37)9-8-22(25(34)36)24(35)31-16-19-4-6-20(30)7-5-19/h4-9,21H,10-18H2,1-3H3,(H,31,35). The lowest BCUT2D eigenvalue weighted by atomic mass is 10.1. The number of hydrogen-bond acceptors (Lipinski definition) is 7. The van der Waals surface area contributed by atoms with Crippen molar-refractivity contribution in [2.75, 3.05) is 26.2 Å². The maximum atomic E-state index is 13.7. The summed E-state index contributed by atoms with van der Waals surface area (Å²) >= 11 is 5.89. The summed E-state index contributed by atoms with van der Waals surface area (Å²) in [6, 6.07) is 9.73. The van der Waals surface area contributed by atoms with Crippen LogP contribution in [-0.2, 0) is 27.7 Å². The summed E-state index contributed by atoms with van der Waals surface area (Å²) in [5.74, 6) is -1.00. The zero-order valence-corrected chi connectivity index (χ0v) is 25.5. The van der Waals surface area contributed by atoms with E-state index in [1.165, 1.54) is 26.5 Å². The molecule has 1 saturated heterocycles. The number of hydrogen-bond donors (Lipinski definition) is 1. The average molecular weight is 619 g/mol. The molecule has 0 radical (unpaired) electrons. The topological polar surface area (TPSA) is 135 Å². The Morgan fingerprint density at radius 2 is 1.74 bits per heavy atom. The molecular formula is C29H35ClN4O7S.